The molecule has 0 unspecified atom stereocenters. The zero-order valence-electron chi connectivity index (χ0n) is 12.2. The molecule has 0 radical (unpaired) electrons. The second kappa shape index (κ2) is 5.47. The molecule has 22 heavy (non-hydrogen) atoms. The van der Waals surface area contributed by atoms with Gasteiger partial charge >= 0.3 is 12.1 Å². The lowest BCUT2D eigenvalue weighted by atomic mass is 9.76. The molecule has 0 aromatic carbocycles. The minimum Gasteiger partial charge on any atom is -0.480 e. The molecule has 2 aliphatic heterocycles. The Balaban J connectivity index is 2.33. The highest BCUT2D eigenvalue weighted by atomic mass is 16.4. The highest BCUT2D eigenvalue weighted by Gasteiger charge is 2.60. The van der Waals surface area contributed by atoms with Crippen LogP contribution in [0.3, 0.4) is 0 Å². The third kappa shape index (κ3) is 2.47. The van der Waals surface area contributed by atoms with Crippen molar-refractivity contribution >= 4 is 18.0 Å². The number of carboxylic acid groups (broad SMARTS) is 2. The molecule has 1 spiro atoms. The molecule has 0 aromatic heterocycles. The van der Waals surface area contributed by atoms with E-state index >= 15 is 0 Å². The summed E-state index contributed by atoms with van der Waals surface area (Å²) in [4.78, 5) is 35.9. The summed E-state index contributed by atoms with van der Waals surface area (Å²) in [5.74, 6) is -1.51. The van der Waals surface area contributed by atoms with Gasteiger partial charge in [-0.25, -0.2) is 9.59 Å². The van der Waals surface area contributed by atoms with Crippen LogP contribution in [0.4, 0.5) is 4.79 Å². The number of carboxylic acids is 1. The van der Waals surface area contributed by atoms with Crippen molar-refractivity contribution in [2.45, 2.75) is 37.3 Å². The van der Waals surface area contributed by atoms with Crippen LogP contribution in [0.5, 0.6) is 0 Å². The summed E-state index contributed by atoms with van der Waals surface area (Å²) < 4.78 is 0. The van der Waals surface area contributed by atoms with Gasteiger partial charge < -0.3 is 15.5 Å². The molecular formula is C15H20N2O5. The highest BCUT2D eigenvalue weighted by Crippen LogP contribution is 2.48. The van der Waals surface area contributed by atoms with E-state index in [0.717, 1.165) is 4.90 Å². The molecule has 0 bridgehead atoms. The Kier molecular flexibility index (Phi) is 4.00. The summed E-state index contributed by atoms with van der Waals surface area (Å²) >= 11 is 0. The largest absolute Gasteiger partial charge is 0.480 e. The third-order valence-corrected chi connectivity index (χ3v) is 4.57. The van der Waals surface area contributed by atoms with Gasteiger partial charge in [-0.3, -0.25) is 9.69 Å². The maximum Gasteiger partial charge on any atom is 0.408 e. The van der Waals surface area contributed by atoms with E-state index in [-0.39, 0.29) is 18.9 Å². The molecule has 7 nitrogen and oxygen atoms in total. The number of nitrogens with one attached hydrogen (secondary N) is 1. The molecule has 2 aliphatic rings. The lowest BCUT2D eigenvalue weighted by molar-refractivity contribution is -0.141. The molecule has 2 heterocycles. The number of likely N-dealkylation sites (tertiary alicyclic amines) is 1. The van der Waals surface area contributed by atoms with Gasteiger partial charge in [0.1, 0.15) is 6.04 Å². The lowest BCUT2D eigenvalue weighted by Crippen LogP contribution is -2.41. The van der Waals surface area contributed by atoms with Gasteiger partial charge in [-0.15, -0.1) is 13.2 Å². The summed E-state index contributed by atoms with van der Waals surface area (Å²) in [6.45, 7) is 7.29. The van der Waals surface area contributed by atoms with Gasteiger partial charge in [0.15, 0.2) is 0 Å². The number of carbonyl (C=O) groups is 3. The van der Waals surface area contributed by atoms with Crippen LogP contribution < -0.4 is 5.32 Å². The van der Waals surface area contributed by atoms with Crippen LogP contribution in [0.15, 0.2) is 25.3 Å². The van der Waals surface area contributed by atoms with Crippen molar-refractivity contribution in [3.8, 4) is 0 Å². The van der Waals surface area contributed by atoms with Gasteiger partial charge in [0.25, 0.3) is 0 Å². The molecule has 2 rings (SSSR count). The number of hydrogen-bond acceptors (Lipinski definition) is 3. The van der Waals surface area contributed by atoms with Crippen LogP contribution in [-0.4, -0.2) is 51.2 Å². The van der Waals surface area contributed by atoms with E-state index in [4.69, 9.17) is 0 Å². The molecule has 2 saturated heterocycles. The summed E-state index contributed by atoms with van der Waals surface area (Å²) in [5, 5.41) is 21.4. The zero-order valence-corrected chi connectivity index (χ0v) is 12.2. The Hall–Kier alpha value is -2.31. The van der Waals surface area contributed by atoms with Crippen molar-refractivity contribution in [2.75, 3.05) is 6.54 Å². The normalized spacial score (nSPS) is 29.4. The maximum atomic E-state index is 12.5. The van der Waals surface area contributed by atoms with Crippen molar-refractivity contribution in [2.24, 2.45) is 5.41 Å². The third-order valence-electron chi connectivity index (χ3n) is 4.57. The second-order valence-electron chi connectivity index (χ2n) is 6.15. The molecule has 2 fully saturated rings. The molecule has 2 atom stereocenters. The molecule has 3 N–H and O–H groups in total. The monoisotopic (exact) mass is 308 g/mol. The lowest BCUT2D eigenvalue weighted by Gasteiger charge is -2.28. The van der Waals surface area contributed by atoms with Gasteiger partial charge in [0.2, 0.25) is 5.91 Å². The van der Waals surface area contributed by atoms with Crippen molar-refractivity contribution in [1.29, 1.82) is 0 Å². The summed E-state index contributed by atoms with van der Waals surface area (Å²) in [5.41, 5.74) is -1.55. The van der Waals surface area contributed by atoms with Crippen LogP contribution in [0.25, 0.3) is 0 Å². The number of rotatable bonds is 5. The predicted octanol–water partition coefficient (Wildman–Crippen LogP) is 1.22. The Labute approximate surface area is 128 Å². The molecule has 2 amide bonds. The van der Waals surface area contributed by atoms with E-state index in [2.05, 4.69) is 18.5 Å². The number of carbonyl (C=O) groups excluding carboxylic acids is 1. The Morgan fingerprint density at radius 1 is 1.32 bits per heavy atom. The molecule has 0 aromatic rings. The minimum atomic E-state index is -1.32. The number of amides is 2. The van der Waals surface area contributed by atoms with E-state index in [1.54, 1.807) is 12.2 Å². The first-order valence-corrected chi connectivity index (χ1v) is 7.06. The first kappa shape index (κ1) is 16.1. The van der Waals surface area contributed by atoms with Gasteiger partial charge in [0, 0.05) is 12.1 Å². The second-order valence-corrected chi connectivity index (χ2v) is 6.15. The van der Waals surface area contributed by atoms with Crippen molar-refractivity contribution in [3.05, 3.63) is 25.3 Å². The van der Waals surface area contributed by atoms with E-state index in [1.807, 2.05) is 0 Å². The molecule has 7 heteroatoms. The quantitative estimate of drug-likeness (QED) is 0.662. The fraction of sp³-hybridized carbons (Fsp3) is 0.533. The molecule has 120 valence electrons. The maximum absolute atomic E-state index is 12.5. The molecular weight excluding hydrogens is 288 g/mol. The van der Waals surface area contributed by atoms with Crippen molar-refractivity contribution in [1.82, 2.24) is 10.2 Å². The van der Waals surface area contributed by atoms with Crippen LogP contribution in [-0.2, 0) is 9.59 Å². The van der Waals surface area contributed by atoms with Gasteiger partial charge in [-0.1, -0.05) is 12.2 Å². The highest BCUT2D eigenvalue weighted by molar-refractivity contribution is 5.90. The van der Waals surface area contributed by atoms with Crippen molar-refractivity contribution < 1.29 is 24.6 Å². The minimum absolute atomic E-state index is 0.00347. The fourth-order valence-electron chi connectivity index (χ4n) is 3.72. The van der Waals surface area contributed by atoms with Gasteiger partial charge in [-0.2, -0.15) is 0 Å². The summed E-state index contributed by atoms with van der Waals surface area (Å²) in [6.07, 6.45) is 3.50. The SMILES string of the molecule is C=CCC1(CC=C)C[C@@]2(C[C@@H](C(=O)O)N(C(=O)O)C2)C(=O)N1. The van der Waals surface area contributed by atoms with E-state index in [9.17, 15) is 24.6 Å². The first-order chi connectivity index (χ1) is 10.3. The predicted molar refractivity (Wildman–Crippen MR) is 78.3 cm³/mol. The van der Waals surface area contributed by atoms with Gasteiger partial charge in [0.05, 0.1) is 5.41 Å². The Morgan fingerprint density at radius 3 is 2.32 bits per heavy atom. The van der Waals surface area contributed by atoms with Gasteiger partial charge in [-0.05, 0) is 25.7 Å². The topological polar surface area (TPSA) is 107 Å². The number of nitrogens with zero attached hydrogens (tertiary/aromatic N) is 1. The fourth-order valence-corrected chi connectivity index (χ4v) is 3.72. The van der Waals surface area contributed by atoms with E-state index in [0.29, 0.717) is 19.3 Å². The molecule has 0 saturated carbocycles. The van der Waals surface area contributed by atoms with E-state index < -0.39 is 29.1 Å². The summed E-state index contributed by atoms with van der Waals surface area (Å²) in [7, 11) is 0. The zero-order chi connectivity index (χ0) is 16.5. The van der Waals surface area contributed by atoms with Crippen LogP contribution >= 0.6 is 0 Å². The van der Waals surface area contributed by atoms with Crippen LogP contribution in [0.2, 0.25) is 0 Å². The average Bonchev–Trinajstić information content (AvgIpc) is 2.91. The van der Waals surface area contributed by atoms with Crippen LogP contribution in [0.1, 0.15) is 25.7 Å². The summed E-state index contributed by atoms with van der Waals surface area (Å²) in [6, 6.07) is -1.19. The Bertz CT molecular complexity index is 510. The van der Waals surface area contributed by atoms with Crippen LogP contribution in [0, 0.1) is 5.41 Å². The standard InChI is InChI=1S/C15H20N2O5/c1-3-5-15(6-4-2)8-14(12(20)16-15)7-10(11(18)19)17(9-14)13(21)22/h3-4,10H,1-2,5-9H2,(H,16,20)(H,18,19)(H,21,22)/t10-,14+/m0/s1. The molecule has 0 aliphatic carbocycles. The number of hydrogen-bond donors (Lipinski definition) is 3. The Morgan fingerprint density at radius 2 is 1.91 bits per heavy atom. The average molecular weight is 308 g/mol. The van der Waals surface area contributed by atoms with E-state index in [1.165, 1.54) is 0 Å². The smallest absolute Gasteiger partial charge is 0.408 e. The number of aliphatic carboxylic acids is 1. The van der Waals surface area contributed by atoms with Crippen molar-refractivity contribution in [3.63, 3.8) is 0 Å². The first-order valence-electron chi connectivity index (χ1n) is 7.06.